The molecular weight excluding hydrogens is 222 g/mol. The number of nitrogens with one attached hydrogen (secondary N) is 1. The van der Waals surface area contributed by atoms with Gasteiger partial charge >= 0.3 is 0 Å². The third kappa shape index (κ3) is 2.17. The van der Waals surface area contributed by atoms with Gasteiger partial charge in [-0.15, -0.1) is 0 Å². The molecule has 0 radical (unpaired) electrons. The Morgan fingerprint density at radius 3 is 2.44 bits per heavy atom. The summed E-state index contributed by atoms with van der Waals surface area (Å²) in [5.41, 5.74) is -2.50. The topological polar surface area (TPSA) is 139 Å². The maximum Gasteiger partial charge on any atom is 0.219 e. The lowest BCUT2D eigenvalue weighted by Crippen LogP contribution is -2.73. The van der Waals surface area contributed by atoms with E-state index in [-0.39, 0.29) is 0 Å². The van der Waals surface area contributed by atoms with Crippen molar-refractivity contribution in [3.8, 4) is 0 Å². The van der Waals surface area contributed by atoms with Crippen LogP contribution in [0.3, 0.4) is 0 Å². The molecule has 0 saturated carbocycles. The molecule has 1 rings (SSSR count). The number of carbonyl (C=O) groups is 1. The van der Waals surface area contributed by atoms with Crippen LogP contribution >= 0.6 is 0 Å². The van der Waals surface area contributed by atoms with Crippen LogP contribution in [0.1, 0.15) is 6.92 Å². The third-order valence-electron chi connectivity index (χ3n) is 2.39. The molecule has 0 spiro atoms. The van der Waals surface area contributed by atoms with Crippen molar-refractivity contribution < 1.29 is 35.1 Å². The van der Waals surface area contributed by atoms with E-state index in [0.29, 0.717) is 0 Å². The average Bonchev–Trinajstić information content (AvgIpc) is 2.20. The van der Waals surface area contributed by atoms with Crippen LogP contribution in [0.25, 0.3) is 0 Å². The van der Waals surface area contributed by atoms with Gasteiger partial charge in [0.25, 0.3) is 0 Å². The van der Waals surface area contributed by atoms with E-state index in [1.807, 2.05) is 5.32 Å². The predicted molar refractivity (Wildman–Crippen MR) is 48.7 cm³/mol. The molecule has 5 atom stereocenters. The highest BCUT2D eigenvalue weighted by molar-refractivity contribution is 5.73. The average molecular weight is 237 g/mol. The van der Waals surface area contributed by atoms with Gasteiger partial charge in [0.1, 0.15) is 18.3 Å². The summed E-state index contributed by atoms with van der Waals surface area (Å²) in [7, 11) is 0. The Morgan fingerprint density at radius 1 is 1.44 bits per heavy atom. The van der Waals surface area contributed by atoms with Crippen LogP contribution in [0.15, 0.2) is 0 Å². The minimum atomic E-state index is -2.50. The molecule has 1 aliphatic rings. The number of ether oxygens (including phenoxy) is 1. The summed E-state index contributed by atoms with van der Waals surface area (Å²) in [4.78, 5) is 10.8. The van der Waals surface area contributed by atoms with Gasteiger partial charge in [0, 0.05) is 6.92 Å². The second-order valence-electron chi connectivity index (χ2n) is 3.65. The Hall–Kier alpha value is -0.770. The fraction of sp³-hybridized carbons (Fsp3) is 0.875. The molecule has 8 heteroatoms. The van der Waals surface area contributed by atoms with Crippen LogP contribution < -0.4 is 5.32 Å². The van der Waals surface area contributed by atoms with Crippen molar-refractivity contribution in [2.24, 2.45) is 0 Å². The molecule has 0 aliphatic carbocycles. The number of carbonyl (C=O) groups excluding carboxylic acids is 1. The summed E-state index contributed by atoms with van der Waals surface area (Å²) in [5.74, 6) is -0.723. The molecule has 1 fully saturated rings. The van der Waals surface area contributed by atoms with Crippen molar-refractivity contribution >= 4 is 5.91 Å². The largest absolute Gasteiger partial charge is 0.394 e. The smallest absolute Gasteiger partial charge is 0.219 e. The quantitative estimate of drug-likeness (QED) is 0.271. The molecule has 0 unspecified atom stereocenters. The summed E-state index contributed by atoms with van der Waals surface area (Å²) in [6.07, 6.45) is -6.70. The minimum Gasteiger partial charge on any atom is -0.394 e. The monoisotopic (exact) mass is 237 g/mol. The van der Waals surface area contributed by atoms with Gasteiger partial charge in [0.15, 0.2) is 0 Å². The van der Waals surface area contributed by atoms with Crippen LogP contribution in [0.5, 0.6) is 0 Å². The lowest BCUT2D eigenvalue weighted by Gasteiger charge is -2.45. The number of hydrogen-bond donors (Lipinski definition) is 6. The first-order chi connectivity index (χ1) is 7.32. The van der Waals surface area contributed by atoms with Gasteiger partial charge < -0.3 is 35.6 Å². The fourth-order valence-corrected chi connectivity index (χ4v) is 1.53. The Labute approximate surface area is 91.1 Å². The zero-order valence-corrected chi connectivity index (χ0v) is 8.57. The normalized spacial score (nSPS) is 44.1. The number of hydrogen-bond acceptors (Lipinski definition) is 7. The van der Waals surface area contributed by atoms with Crippen LogP contribution in [0.2, 0.25) is 0 Å². The fourth-order valence-electron chi connectivity index (χ4n) is 1.53. The molecule has 8 nitrogen and oxygen atoms in total. The zero-order chi connectivity index (χ0) is 12.5. The summed E-state index contributed by atoms with van der Waals surface area (Å²) >= 11 is 0. The number of rotatable bonds is 2. The molecule has 94 valence electrons. The standard InChI is InChI=1S/C8H15NO7/c1-3(11)9-8(15)6(13)5(12)4(2-10)16-7(8)14/h4-7,10,12-15H,2H2,1H3,(H,9,11)/t4-,5-,6+,7+,8-/m1/s1. The molecule has 1 aliphatic heterocycles. The summed E-state index contributed by atoms with van der Waals surface area (Å²) in [6, 6.07) is 0. The number of aliphatic hydroxyl groups excluding tert-OH is 4. The van der Waals surface area contributed by atoms with Crippen LogP contribution in [0, 0.1) is 0 Å². The zero-order valence-electron chi connectivity index (χ0n) is 8.57. The van der Waals surface area contributed by atoms with E-state index in [4.69, 9.17) is 5.11 Å². The molecule has 0 aromatic carbocycles. The maximum atomic E-state index is 10.8. The first kappa shape index (κ1) is 13.3. The lowest BCUT2D eigenvalue weighted by molar-refractivity contribution is -0.335. The Kier molecular flexibility index (Phi) is 3.84. The highest BCUT2D eigenvalue weighted by Gasteiger charge is 2.55. The number of aliphatic hydroxyl groups is 5. The van der Waals surface area contributed by atoms with E-state index >= 15 is 0 Å². The third-order valence-corrected chi connectivity index (χ3v) is 2.39. The van der Waals surface area contributed by atoms with Gasteiger partial charge in [-0.2, -0.15) is 0 Å². The molecule has 0 aromatic rings. The van der Waals surface area contributed by atoms with E-state index in [9.17, 15) is 25.2 Å². The van der Waals surface area contributed by atoms with E-state index in [2.05, 4.69) is 4.74 Å². The first-order valence-electron chi connectivity index (χ1n) is 4.64. The Morgan fingerprint density at radius 2 is 2.00 bits per heavy atom. The van der Waals surface area contributed by atoms with Crippen molar-refractivity contribution in [3.63, 3.8) is 0 Å². The first-order valence-corrected chi connectivity index (χ1v) is 4.64. The van der Waals surface area contributed by atoms with Crippen molar-refractivity contribution in [2.75, 3.05) is 6.61 Å². The van der Waals surface area contributed by atoms with Crippen molar-refractivity contribution in [1.29, 1.82) is 0 Å². The molecule has 6 N–H and O–H groups in total. The van der Waals surface area contributed by atoms with Crippen LogP contribution in [0.4, 0.5) is 0 Å². The van der Waals surface area contributed by atoms with Gasteiger partial charge in [-0.25, -0.2) is 0 Å². The minimum absolute atomic E-state index is 0.647. The van der Waals surface area contributed by atoms with E-state index in [1.54, 1.807) is 0 Å². The number of amides is 1. The molecule has 0 bridgehead atoms. The van der Waals surface area contributed by atoms with Crippen LogP contribution in [-0.4, -0.2) is 68.4 Å². The predicted octanol–water partition coefficient (Wildman–Crippen LogP) is -3.76. The highest BCUT2D eigenvalue weighted by Crippen LogP contribution is 2.26. The Balaban J connectivity index is 2.90. The SMILES string of the molecule is CC(=O)N[C@]1(O)[C@@H](O)O[C@H](CO)[C@@H](O)[C@@H]1O. The molecule has 1 amide bonds. The van der Waals surface area contributed by atoms with Gasteiger partial charge in [0.2, 0.25) is 17.9 Å². The van der Waals surface area contributed by atoms with Gasteiger partial charge in [-0.05, 0) is 0 Å². The lowest BCUT2D eigenvalue weighted by atomic mass is 9.93. The van der Waals surface area contributed by atoms with Gasteiger partial charge in [-0.1, -0.05) is 0 Å². The van der Waals surface area contributed by atoms with Crippen LogP contribution in [-0.2, 0) is 9.53 Å². The molecular formula is C8H15NO7. The molecule has 0 aromatic heterocycles. The van der Waals surface area contributed by atoms with Gasteiger partial charge in [-0.3, -0.25) is 4.79 Å². The van der Waals surface area contributed by atoms with Gasteiger partial charge in [0.05, 0.1) is 6.61 Å². The maximum absolute atomic E-state index is 10.8. The second-order valence-corrected chi connectivity index (χ2v) is 3.65. The van der Waals surface area contributed by atoms with E-state index < -0.39 is 42.8 Å². The van der Waals surface area contributed by atoms with Crippen molar-refractivity contribution in [1.82, 2.24) is 5.32 Å². The van der Waals surface area contributed by atoms with E-state index in [1.165, 1.54) is 0 Å². The molecule has 1 saturated heterocycles. The summed E-state index contributed by atoms with van der Waals surface area (Å²) in [5, 5.41) is 48.8. The summed E-state index contributed by atoms with van der Waals surface area (Å²) < 4.78 is 4.67. The highest BCUT2D eigenvalue weighted by atomic mass is 16.6. The van der Waals surface area contributed by atoms with E-state index in [0.717, 1.165) is 6.92 Å². The summed E-state index contributed by atoms with van der Waals surface area (Å²) in [6.45, 7) is 0.410. The second kappa shape index (κ2) is 4.62. The van der Waals surface area contributed by atoms with Crippen molar-refractivity contribution in [2.45, 2.75) is 37.3 Å². The van der Waals surface area contributed by atoms with Crippen molar-refractivity contribution in [3.05, 3.63) is 0 Å². The Bertz CT molecular complexity index is 273. The molecule has 16 heavy (non-hydrogen) atoms. The molecule has 1 heterocycles.